The molecule has 1 atom stereocenters. The standard InChI is InChI=1S/C26H31N3O3/c1-27(2)25(31)23-17-19-7-4-6-10-22(19)29(23)24(30)11-14-28-15-12-26(13-16-28)21-9-5-3-8-20(21)18-32-26/h3-10,23H,11-18H2,1-2H3/t23-/m0/s1. The molecule has 3 aliphatic heterocycles. The van der Waals surface area contributed by atoms with E-state index in [2.05, 4.69) is 29.2 Å². The molecule has 0 radical (unpaired) electrons. The SMILES string of the molecule is CN(C)C(=O)[C@@H]1Cc2ccccc2N1C(=O)CCN1CCC2(CC1)OCc1ccccc12. The Kier molecular flexibility index (Phi) is 5.51. The molecule has 5 rings (SSSR count). The van der Waals surface area contributed by atoms with Gasteiger partial charge in [0.1, 0.15) is 6.04 Å². The maximum Gasteiger partial charge on any atom is 0.245 e. The van der Waals surface area contributed by atoms with E-state index in [1.54, 1.807) is 23.9 Å². The number of hydrogen-bond acceptors (Lipinski definition) is 4. The number of anilines is 1. The van der Waals surface area contributed by atoms with Gasteiger partial charge in [0.2, 0.25) is 11.8 Å². The van der Waals surface area contributed by atoms with Crippen molar-refractivity contribution in [1.29, 1.82) is 0 Å². The quantitative estimate of drug-likeness (QED) is 0.744. The molecule has 2 amide bonds. The largest absolute Gasteiger partial charge is 0.365 e. The molecule has 2 aromatic carbocycles. The number of benzene rings is 2. The average molecular weight is 434 g/mol. The summed E-state index contributed by atoms with van der Waals surface area (Å²) >= 11 is 0. The molecule has 1 spiro atoms. The Bertz CT molecular complexity index is 1030. The van der Waals surface area contributed by atoms with Crippen molar-refractivity contribution < 1.29 is 14.3 Å². The summed E-state index contributed by atoms with van der Waals surface area (Å²) in [5.41, 5.74) is 4.44. The number of likely N-dealkylation sites (N-methyl/N-ethyl adjacent to an activating group) is 1. The van der Waals surface area contributed by atoms with Gasteiger partial charge in [0, 0.05) is 52.3 Å². The second kappa shape index (κ2) is 8.34. The van der Waals surface area contributed by atoms with Gasteiger partial charge in [-0.05, 0) is 35.6 Å². The predicted octanol–water partition coefficient (Wildman–Crippen LogP) is 2.94. The number of para-hydroxylation sites is 1. The van der Waals surface area contributed by atoms with Crippen molar-refractivity contribution in [3.63, 3.8) is 0 Å². The van der Waals surface area contributed by atoms with Crippen LogP contribution in [0.4, 0.5) is 5.69 Å². The third-order valence-electron chi connectivity index (χ3n) is 7.29. The first-order chi connectivity index (χ1) is 15.5. The van der Waals surface area contributed by atoms with Gasteiger partial charge in [-0.2, -0.15) is 0 Å². The summed E-state index contributed by atoms with van der Waals surface area (Å²) < 4.78 is 6.26. The Labute approximate surface area is 189 Å². The molecule has 32 heavy (non-hydrogen) atoms. The third kappa shape index (κ3) is 3.61. The number of carbonyl (C=O) groups is 2. The minimum Gasteiger partial charge on any atom is -0.365 e. The monoisotopic (exact) mass is 433 g/mol. The van der Waals surface area contributed by atoms with Crippen LogP contribution >= 0.6 is 0 Å². The van der Waals surface area contributed by atoms with Gasteiger partial charge in [-0.1, -0.05) is 42.5 Å². The molecule has 1 saturated heterocycles. The van der Waals surface area contributed by atoms with E-state index in [0.29, 0.717) is 26.0 Å². The summed E-state index contributed by atoms with van der Waals surface area (Å²) in [5, 5.41) is 0. The van der Waals surface area contributed by atoms with E-state index in [4.69, 9.17) is 4.74 Å². The van der Waals surface area contributed by atoms with E-state index >= 15 is 0 Å². The Morgan fingerprint density at radius 2 is 1.72 bits per heavy atom. The smallest absolute Gasteiger partial charge is 0.245 e. The lowest BCUT2D eigenvalue weighted by Crippen LogP contribution is -2.49. The van der Waals surface area contributed by atoms with E-state index in [0.717, 1.165) is 37.2 Å². The summed E-state index contributed by atoms with van der Waals surface area (Å²) in [4.78, 5) is 31.8. The summed E-state index contributed by atoms with van der Waals surface area (Å²) in [6, 6.07) is 16.0. The fourth-order valence-corrected chi connectivity index (χ4v) is 5.50. The first kappa shape index (κ1) is 21.2. The second-order valence-electron chi connectivity index (χ2n) is 9.38. The lowest BCUT2D eigenvalue weighted by molar-refractivity contribution is -0.132. The normalized spacial score (nSPS) is 21.4. The number of amides is 2. The number of fused-ring (bicyclic) bond motifs is 3. The number of likely N-dealkylation sites (tertiary alicyclic amines) is 1. The third-order valence-corrected chi connectivity index (χ3v) is 7.29. The molecular formula is C26H31N3O3. The fourth-order valence-electron chi connectivity index (χ4n) is 5.50. The predicted molar refractivity (Wildman–Crippen MR) is 123 cm³/mol. The number of rotatable bonds is 4. The molecule has 0 aromatic heterocycles. The van der Waals surface area contributed by atoms with Gasteiger partial charge < -0.3 is 14.5 Å². The van der Waals surface area contributed by atoms with Gasteiger partial charge >= 0.3 is 0 Å². The molecule has 1 fully saturated rings. The van der Waals surface area contributed by atoms with Crippen molar-refractivity contribution in [2.45, 2.75) is 43.9 Å². The highest BCUT2D eigenvalue weighted by Gasteiger charge is 2.43. The molecule has 3 heterocycles. The lowest BCUT2D eigenvalue weighted by Gasteiger charge is -2.39. The van der Waals surface area contributed by atoms with Crippen molar-refractivity contribution in [3.05, 3.63) is 65.2 Å². The summed E-state index contributed by atoms with van der Waals surface area (Å²) in [6.45, 7) is 3.24. The van der Waals surface area contributed by atoms with E-state index in [1.807, 2.05) is 24.3 Å². The van der Waals surface area contributed by atoms with E-state index < -0.39 is 6.04 Å². The molecule has 0 aliphatic carbocycles. The van der Waals surface area contributed by atoms with Crippen LogP contribution in [0.5, 0.6) is 0 Å². The fraction of sp³-hybridized carbons (Fsp3) is 0.462. The maximum atomic E-state index is 13.3. The number of hydrogen-bond donors (Lipinski definition) is 0. The average Bonchev–Trinajstić information content (AvgIpc) is 3.37. The molecule has 2 aromatic rings. The zero-order valence-corrected chi connectivity index (χ0v) is 18.9. The van der Waals surface area contributed by atoms with Gasteiger partial charge in [-0.15, -0.1) is 0 Å². The highest BCUT2D eigenvalue weighted by atomic mass is 16.5. The summed E-state index contributed by atoms with van der Waals surface area (Å²) in [7, 11) is 3.50. The second-order valence-corrected chi connectivity index (χ2v) is 9.38. The summed E-state index contributed by atoms with van der Waals surface area (Å²) in [5.74, 6) is 0.00408. The molecule has 168 valence electrons. The zero-order chi connectivity index (χ0) is 22.3. The van der Waals surface area contributed by atoms with E-state index in [9.17, 15) is 9.59 Å². The Balaban J connectivity index is 1.23. The highest BCUT2D eigenvalue weighted by Crippen LogP contribution is 2.44. The van der Waals surface area contributed by atoms with Crippen LogP contribution in [0.25, 0.3) is 0 Å². The molecule has 0 bridgehead atoms. The number of piperidine rings is 1. The minimum absolute atomic E-state index is 0.0217. The molecule has 3 aliphatic rings. The van der Waals surface area contributed by atoms with Crippen LogP contribution in [0.15, 0.2) is 48.5 Å². The van der Waals surface area contributed by atoms with Crippen LogP contribution in [-0.4, -0.2) is 61.4 Å². The van der Waals surface area contributed by atoms with Gasteiger partial charge in [0.25, 0.3) is 0 Å². The highest BCUT2D eigenvalue weighted by molar-refractivity contribution is 6.03. The Morgan fingerprint density at radius 1 is 1.03 bits per heavy atom. The first-order valence-corrected chi connectivity index (χ1v) is 11.5. The number of carbonyl (C=O) groups excluding carboxylic acids is 2. The van der Waals surface area contributed by atoms with Crippen molar-refractivity contribution >= 4 is 17.5 Å². The van der Waals surface area contributed by atoms with Crippen LogP contribution in [0.3, 0.4) is 0 Å². The minimum atomic E-state index is -0.442. The molecule has 0 N–H and O–H groups in total. The lowest BCUT2D eigenvalue weighted by atomic mass is 9.84. The maximum absolute atomic E-state index is 13.3. The first-order valence-electron chi connectivity index (χ1n) is 11.5. The van der Waals surface area contributed by atoms with Crippen LogP contribution in [-0.2, 0) is 33.0 Å². The Morgan fingerprint density at radius 3 is 2.47 bits per heavy atom. The van der Waals surface area contributed by atoms with Crippen molar-refractivity contribution in [2.75, 3.05) is 38.6 Å². The Hall–Kier alpha value is -2.70. The van der Waals surface area contributed by atoms with Crippen molar-refractivity contribution in [3.8, 4) is 0 Å². The molecule has 0 unspecified atom stereocenters. The molecule has 6 heteroatoms. The number of ether oxygens (including phenoxy) is 1. The molecule has 6 nitrogen and oxygen atoms in total. The van der Waals surface area contributed by atoms with E-state index in [-0.39, 0.29) is 17.4 Å². The number of nitrogens with zero attached hydrogens (tertiary/aromatic N) is 3. The topological polar surface area (TPSA) is 53.1 Å². The van der Waals surface area contributed by atoms with Gasteiger partial charge in [-0.25, -0.2) is 0 Å². The molecular weight excluding hydrogens is 402 g/mol. The van der Waals surface area contributed by atoms with Gasteiger partial charge in [0.15, 0.2) is 0 Å². The zero-order valence-electron chi connectivity index (χ0n) is 18.9. The van der Waals surface area contributed by atoms with Crippen LogP contribution in [0.1, 0.15) is 36.0 Å². The van der Waals surface area contributed by atoms with Crippen LogP contribution in [0, 0.1) is 0 Å². The van der Waals surface area contributed by atoms with Crippen molar-refractivity contribution in [1.82, 2.24) is 9.80 Å². The van der Waals surface area contributed by atoms with Crippen LogP contribution in [0.2, 0.25) is 0 Å². The van der Waals surface area contributed by atoms with Gasteiger partial charge in [0.05, 0.1) is 12.2 Å². The van der Waals surface area contributed by atoms with Crippen LogP contribution < -0.4 is 4.90 Å². The summed E-state index contributed by atoms with van der Waals surface area (Å²) in [6.07, 6.45) is 2.90. The molecule has 0 saturated carbocycles. The van der Waals surface area contributed by atoms with Crippen molar-refractivity contribution in [2.24, 2.45) is 0 Å². The van der Waals surface area contributed by atoms with E-state index in [1.165, 1.54) is 11.1 Å². The van der Waals surface area contributed by atoms with Gasteiger partial charge in [-0.3, -0.25) is 14.5 Å².